The molecular weight excluding hydrogens is 302 g/mol. The molecule has 22 heavy (non-hydrogen) atoms. The molecule has 6 heteroatoms. The number of rotatable bonds is 4. The Labute approximate surface area is 132 Å². The smallest absolute Gasteiger partial charge is 0.351 e. The molecule has 2 heterocycles. The lowest BCUT2D eigenvalue weighted by atomic mass is 9.89. The van der Waals surface area contributed by atoms with Crippen LogP contribution < -0.4 is 10.5 Å². The van der Waals surface area contributed by atoms with E-state index in [2.05, 4.69) is 4.90 Å². The lowest BCUT2D eigenvalue weighted by Crippen LogP contribution is -2.26. The molecule has 1 aliphatic rings. The minimum Gasteiger partial charge on any atom is -0.477 e. The number of fused-ring (bicyclic) bond motifs is 1. The molecule has 0 amide bonds. The number of anilines is 1. The largest absolute Gasteiger partial charge is 0.477 e. The van der Waals surface area contributed by atoms with Crippen LogP contribution in [0.3, 0.4) is 0 Å². The predicted molar refractivity (Wildman–Crippen MR) is 87.2 cm³/mol. The highest BCUT2D eigenvalue weighted by atomic mass is 32.1. The maximum absolute atomic E-state index is 11.6. The molecule has 1 N–H and O–H groups in total. The SMILES string of the molecule is CN(CC1CCCCC1)c1cc2oc(=O)c(C(=O)O)cc2s1. The molecule has 0 radical (unpaired) electrons. The van der Waals surface area contributed by atoms with E-state index in [4.69, 9.17) is 9.52 Å². The van der Waals surface area contributed by atoms with Crippen molar-refractivity contribution in [1.82, 2.24) is 0 Å². The molecule has 0 bridgehead atoms. The summed E-state index contributed by atoms with van der Waals surface area (Å²) in [4.78, 5) is 24.8. The summed E-state index contributed by atoms with van der Waals surface area (Å²) in [5, 5.41) is 10.00. The zero-order valence-electron chi connectivity index (χ0n) is 12.5. The van der Waals surface area contributed by atoms with Gasteiger partial charge >= 0.3 is 11.6 Å². The van der Waals surface area contributed by atoms with Gasteiger partial charge in [0.1, 0.15) is 5.56 Å². The van der Waals surface area contributed by atoms with Crippen LogP contribution in [0.1, 0.15) is 42.5 Å². The highest BCUT2D eigenvalue weighted by Crippen LogP contribution is 2.33. The third-order valence-electron chi connectivity index (χ3n) is 4.27. The lowest BCUT2D eigenvalue weighted by Gasteiger charge is -2.27. The van der Waals surface area contributed by atoms with Crippen molar-refractivity contribution < 1.29 is 14.3 Å². The van der Waals surface area contributed by atoms with Crippen LogP contribution in [-0.2, 0) is 0 Å². The molecule has 1 aliphatic carbocycles. The highest BCUT2D eigenvalue weighted by molar-refractivity contribution is 7.22. The minimum atomic E-state index is -1.25. The van der Waals surface area contributed by atoms with Crippen LogP contribution in [0.5, 0.6) is 0 Å². The van der Waals surface area contributed by atoms with Crippen LogP contribution in [0, 0.1) is 5.92 Å². The molecule has 0 atom stereocenters. The fourth-order valence-electron chi connectivity index (χ4n) is 3.09. The van der Waals surface area contributed by atoms with Crippen molar-refractivity contribution in [3.05, 3.63) is 28.1 Å². The summed E-state index contributed by atoms with van der Waals surface area (Å²) in [6, 6.07) is 3.24. The molecule has 0 spiro atoms. The van der Waals surface area contributed by atoms with Crippen molar-refractivity contribution >= 4 is 32.6 Å². The van der Waals surface area contributed by atoms with Gasteiger partial charge in [0.2, 0.25) is 0 Å². The van der Waals surface area contributed by atoms with Gasteiger partial charge in [-0.15, -0.1) is 11.3 Å². The monoisotopic (exact) mass is 321 g/mol. The predicted octanol–water partition coefficient (Wildman–Crippen LogP) is 3.57. The van der Waals surface area contributed by atoms with Crippen LogP contribution in [0.25, 0.3) is 10.3 Å². The van der Waals surface area contributed by atoms with Gasteiger partial charge in [0, 0.05) is 19.7 Å². The molecule has 3 rings (SSSR count). The summed E-state index contributed by atoms with van der Waals surface area (Å²) in [5.41, 5.74) is -0.638. The number of thiophene rings is 1. The van der Waals surface area contributed by atoms with Gasteiger partial charge < -0.3 is 14.4 Å². The first-order chi connectivity index (χ1) is 10.5. The molecule has 5 nitrogen and oxygen atoms in total. The molecule has 1 saturated carbocycles. The van der Waals surface area contributed by atoms with Crippen molar-refractivity contribution in [3.63, 3.8) is 0 Å². The Morgan fingerprint density at radius 1 is 1.36 bits per heavy atom. The van der Waals surface area contributed by atoms with E-state index in [0.29, 0.717) is 16.2 Å². The standard InChI is InChI=1S/C16H19NO4S/c1-17(9-10-5-3-2-4-6-10)14-8-12-13(22-14)7-11(15(18)19)16(20)21-12/h7-8,10H,2-6,9H2,1H3,(H,18,19). The van der Waals surface area contributed by atoms with Gasteiger partial charge in [-0.2, -0.15) is 0 Å². The van der Waals surface area contributed by atoms with Gasteiger partial charge in [0.15, 0.2) is 5.58 Å². The maximum Gasteiger partial charge on any atom is 0.351 e. The van der Waals surface area contributed by atoms with Gasteiger partial charge in [0.25, 0.3) is 0 Å². The zero-order valence-corrected chi connectivity index (χ0v) is 13.3. The summed E-state index contributed by atoms with van der Waals surface area (Å²) in [5.74, 6) is -0.535. The average molecular weight is 321 g/mol. The third-order valence-corrected chi connectivity index (χ3v) is 5.45. The fourth-order valence-corrected chi connectivity index (χ4v) is 4.08. The summed E-state index contributed by atoms with van der Waals surface area (Å²) >= 11 is 1.46. The number of nitrogens with zero attached hydrogens (tertiary/aromatic N) is 1. The molecule has 1 fully saturated rings. The van der Waals surface area contributed by atoms with Crippen LogP contribution in [-0.4, -0.2) is 24.7 Å². The second-order valence-electron chi connectivity index (χ2n) is 5.95. The van der Waals surface area contributed by atoms with Crippen LogP contribution in [0.2, 0.25) is 0 Å². The van der Waals surface area contributed by atoms with Gasteiger partial charge in [-0.25, -0.2) is 9.59 Å². The van der Waals surface area contributed by atoms with E-state index in [9.17, 15) is 9.59 Å². The Bertz CT molecular complexity index is 742. The first-order valence-electron chi connectivity index (χ1n) is 7.56. The highest BCUT2D eigenvalue weighted by Gasteiger charge is 2.18. The summed E-state index contributed by atoms with van der Waals surface area (Å²) in [6.07, 6.45) is 6.50. The second-order valence-corrected chi connectivity index (χ2v) is 7.01. The fraction of sp³-hybridized carbons (Fsp3) is 0.500. The van der Waals surface area contributed by atoms with E-state index < -0.39 is 11.6 Å². The first kappa shape index (κ1) is 15.1. The van der Waals surface area contributed by atoms with Crippen molar-refractivity contribution in [2.75, 3.05) is 18.5 Å². The van der Waals surface area contributed by atoms with Gasteiger partial charge in [-0.05, 0) is 24.8 Å². The molecule has 2 aromatic heterocycles. The quantitative estimate of drug-likeness (QED) is 0.932. The van der Waals surface area contributed by atoms with E-state index in [1.165, 1.54) is 49.5 Å². The topological polar surface area (TPSA) is 70.8 Å². The van der Waals surface area contributed by atoms with Crippen molar-refractivity contribution in [1.29, 1.82) is 0 Å². The number of carbonyl (C=O) groups is 1. The van der Waals surface area contributed by atoms with Crippen molar-refractivity contribution in [2.24, 2.45) is 5.92 Å². The average Bonchev–Trinajstić information content (AvgIpc) is 2.90. The lowest BCUT2D eigenvalue weighted by molar-refractivity contribution is 0.0692. The Morgan fingerprint density at radius 3 is 2.77 bits per heavy atom. The number of hydrogen-bond acceptors (Lipinski definition) is 5. The van der Waals surface area contributed by atoms with E-state index in [1.807, 2.05) is 13.1 Å². The van der Waals surface area contributed by atoms with Crippen LogP contribution >= 0.6 is 11.3 Å². The Morgan fingerprint density at radius 2 is 2.09 bits per heavy atom. The second kappa shape index (κ2) is 6.12. The van der Waals surface area contributed by atoms with E-state index >= 15 is 0 Å². The molecular formula is C16H19NO4S. The van der Waals surface area contributed by atoms with Crippen molar-refractivity contribution in [3.8, 4) is 0 Å². The Hall–Kier alpha value is -1.82. The summed E-state index contributed by atoms with van der Waals surface area (Å²) < 4.78 is 5.82. The van der Waals surface area contributed by atoms with E-state index in [-0.39, 0.29) is 5.56 Å². The van der Waals surface area contributed by atoms with Gasteiger partial charge in [-0.3, -0.25) is 0 Å². The molecule has 118 valence electrons. The van der Waals surface area contributed by atoms with Crippen LogP contribution in [0.15, 0.2) is 21.3 Å². The van der Waals surface area contributed by atoms with Crippen LogP contribution in [0.4, 0.5) is 5.00 Å². The minimum absolute atomic E-state index is 0.309. The number of aromatic carboxylic acids is 1. The van der Waals surface area contributed by atoms with Gasteiger partial charge in [0.05, 0.1) is 9.70 Å². The molecule has 0 aliphatic heterocycles. The first-order valence-corrected chi connectivity index (χ1v) is 8.38. The number of carboxylic acid groups (broad SMARTS) is 1. The molecule has 0 saturated heterocycles. The maximum atomic E-state index is 11.6. The molecule has 0 unspecified atom stereocenters. The molecule has 0 aromatic carbocycles. The summed E-state index contributed by atoms with van der Waals surface area (Å²) in [6.45, 7) is 0.989. The van der Waals surface area contributed by atoms with E-state index in [1.54, 1.807) is 0 Å². The third kappa shape index (κ3) is 3.02. The van der Waals surface area contributed by atoms with E-state index in [0.717, 1.165) is 11.5 Å². The number of hydrogen-bond donors (Lipinski definition) is 1. The Balaban J connectivity index is 1.84. The Kier molecular flexibility index (Phi) is 4.20. The normalized spacial score (nSPS) is 16.0. The number of carboxylic acids is 1. The summed E-state index contributed by atoms with van der Waals surface area (Å²) in [7, 11) is 2.04. The zero-order chi connectivity index (χ0) is 15.7. The van der Waals surface area contributed by atoms with Gasteiger partial charge in [-0.1, -0.05) is 19.3 Å². The van der Waals surface area contributed by atoms with Crippen molar-refractivity contribution in [2.45, 2.75) is 32.1 Å². The molecule has 2 aromatic rings.